The fourth-order valence-corrected chi connectivity index (χ4v) is 3.53. The Kier molecular flexibility index (Phi) is 11.7. The van der Waals surface area contributed by atoms with Gasteiger partial charge in [0.05, 0.1) is 25.7 Å². The Morgan fingerprint density at radius 1 is 0.871 bits per heavy atom. The molecule has 0 amide bonds. The molecular weight excluding hydrogens is 392 g/mol. The molecule has 5 heteroatoms. The van der Waals surface area contributed by atoms with Crippen molar-refractivity contribution in [3.63, 3.8) is 0 Å². The number of ether oxygens (including phenoxy) is 3. The number of unbranched alkanes of at least 4 members (excludes halogenated alkanes) is 7. The van der Waals surface area contributed by atoms with E-state index in [-0.39, 0.29) is 5.75 Å². The van der Waals surface area contributed by atoms with Crippen LogP contribution in [-0.4, -0.2) is 20.3 Å². The minimum absolute atomic E-state index is 0.140. The lowest BCUT2D eigenvalue weighted by Crippen LogP contribution is -2.11. The first-order valence-electron chi connectivity index (χ1n) is 11.8. The third-order valence-corrected chi connectivity index (χ3v) is 5.20. The minimum Gasteiger partial charge on any atom is -0.492 e. The lowest BCUT2D eigenvalue weighted by Gasteiger charge is -2.13. The molecule has 0 spiro atoms. The molecule has 5 nitrogen and oxygen atoms in total. The summed E-state index contributed by atoms with van der Waals surface area (Å²) in [5.74, 6) is 1.08. The molecule has 1 aromatic carbocycles. The van der Waals surface area contributed by atoms with Gasteiger partial charge in [-0.3, -0.25) is 0 Å². The van der Waals surface area contributed by atoms with Crippen LogP contribution < -0.4 is 19.8 Å². The average molecular weight is 431 g/mol. The van der Waals surface area contributed by atoms with Gasteiger partial charge in [-0.05, 0) is 31.4 Å². The van der Waals surface area contributed by atoms with Gasteiger partial charge in [-0.1, -0.05) is 77.0 Å². The van der Waals surface area contributed by atoms with E-state index in [9.17, 15) is 4.79 Å². The molecule has 0 radical (unpaired) electrons. The molecule has 0 aliphatic carbocycles. The highest BCUT2D eigenvalue weighted by atomic mass is 16.5. The van der Waals surface area contributed by atoms with E-state index in [1.165, 1.54) is 38.5 Å². The third-order valence-electron chi connectivity index (χ3n) is 5.20. The van der Waals surface area contributed by atoms with Crippen LogP contribution in [0.25, 0.3) is 11.0 Å². The van der Waals surface area contributed by atoms with E-state index in [1.54, 1.807) is 13.2 Å². The van der Waals surface area contributed by atoms with Gasteiger partial charge in [-0.25, -0.2) is 4.79 Å². The standard InChI is InChI=1S/C26H38O5/c1-4-6-8-10-11-12-13-15-20-30-25-24(28-3)21-17-16-18-22(23(21)31-26(25)27)29-19-14-9-7-5-2/h7,9,16-18H,4-6,8,10-15,19-20H2,1-3H3. The Labute approximate surface area is 186 Å². The summed E-state index contributed by atoms with van der Waals surface area (Å²) in [7, 11) is 1.54. The largest absolute Gasteiger partial charge is 0.492 e. The summed E-state index contributed by atoms with van der Waals surface area (Å²) in [5.41, 5.74) is -0.144. The molecular formula is C26H38O5. The number of methoxy groups -OCH3 is 1. The molecule has 0 bridgehead atoms. The van der Waals surface area contributed by atoms with Gasteiger partial charge in [0.2, 0.25) is 5.75 Å². The topological polar surface area (TPSA) is 57.9 Å². The highest BCUT2D eigenvalue weighted by Gasteiger charge is 2.19. The zero-order valence-corrected chi connectivity index (χ0v) is 19.4. The number of hydrogen-bond donors (Lipinski definition) is 0. The van der Waals surface area contributed by atoms with Crippen LogP contribution >= 0.6 is 0 Å². The fraction of sp³-hybridized carbons (Fsp3) is 0.577. The monoisotopic (exact) mass is 430 g/mol. The average Bonchev–Trinajstić information content (AvgIpc) is 2.78. The quantitative estimate of drug-likeness (QED) is 0.162. The predicted molar refractivity (Wildman–Crippen MR) is 127 cm³/mol. The van der Waals surface area contributed by atoms with E-state index in [1.807, 2.05) is 12.1 Å². The molecule has 0 saturated heterocycles. The second-order valence-electron chi connectivity index (χ2n) is 7.72. The van der Waals surface area contributed by atoms with E-state index < -0.39 is 5.63 Å². The Hall–Kier alpha value is -2.43. The summed E-state index contributed by atoms with van der Waals surface area (Å²) in [6.07, 6.45) is 15.7. The van der Waals surface area contributed by atoms with Gasteiger partial charge in [0.25, 0.3) is 0 Å². The molecule has 2 aromatic rings. The first-order chi connectivity index (χ1) is 15.2. The smallest absolute Gasteiger partial charge is 0.383 e. The molecule has 0 atom stereocenters. The van der Waals surface area contributed by atoms with Gasteiger partial charge < -0.3 is 18.6 Å². The molecule has 1 heterocycles. The molecule has 0 saturated carbocycles. The highest BCUT2D eigenvalue weighted by molar-refractivity contribution is 5.89. The lowest BCUT2D eigenvalue weighted by molar-refractivity contribution is 0.270. The van der Waals surface area contributed by atoms with Gasteiger partial charge in [0.1, 0.15) is 0 Å². The molecule has 2 rings (SSSR count). The maximum Gasteiger partial charge on any atom is 0.383 e. The molecule has 1 aromatic heterocycles. The second kappa shape index (κ2) is 14.6. The van der Waals surface area contributed by atoms with Crippen molar-refractivity contribution in [1.29, 1.82) is 0 Å². The van der Waals surface area contributed by atoms with Crippen LogP contribution in [0.2, 0.25) is 0 Å². The molecule has 31 heavy (non-hydrogen) atoms. The number of allylic oxidation sites excluding steroid dienone is 1. The minimum atomic E-state index is -0.536. The van der Waals surface area contributed by atoms with Gasteiger partial charge in [0.15, 0.2) is 17.1 Å². The van der Waals surface area contributed by atoms with E-state index >= 15 is 0 Å². The Balaban J connectivity index is 1.98. The summed E-state index contributed by atoms with van der Waals surface area (Å²) < 4.78 is 22.7. The number of fused-ring (bicyclic) bond motifs is 1. The SMILES string of the molecule is CCC=CCCOc1cccc2c(OC)c(OCCCCCCCCCC)c(=O)oc12. The van der Waals surface area contributed by atoms with Crippen LogP contribution in [0.1, 0.15) is 78.1 Å². The van der Waals surface area contributed by atoms with Crippen LogP contribution in [0.4, 0.5) is 0 Å². The van der Waals surface area contributed by atoms with Crippen LogP contribution in [0, 0.1) is 0 Å². The van der Waals surface area contributed by atoms with E-state index in [0.717, 1.165) is 25.7 Å². The van der Waals surface area contributed by atoms with Gasteiger partial charge in [0, 0.05) is 0 Å². The Morgan fingerprint density at radius 2 is 1.61 bits per heavy atom. The number of rotatable bonds is 16. The maximum atomic E-state index is 12.6. The van der Waals surface area contributed by atoms with E-state index in [4.69, 9.17) is 18.6 Å². The summed E-state index contributed by atoms with van der Waals surface area (Å²) >= 11 is 0. The van der Waals surface area contributed by atoms with Crippen molar-refractivity contribution < 1.29 is 18.6 Å². The fourth-order valence-electron chi connectivity index (χ4n) is 3.53. The van der Waals surface area contributed by atoms with E-state index in [0.29, 0.717) is 35.7 Å². The van der Waals surface area contributed by atoms with Crippen LogP contribution in [0.3, 0.4) is 0 Å². The van der Waals surface area contributed by atoms with Crippen molar-refractivity contribution in [3.05, 3.63) is 40.8 Å². The first kappa shape index (κ1) is 24.8. The molecule has 0 unspecified atom stereocenters. The Bertz CT molecular complexity index is 853. The summed E-state index contributed by atoms with van der Waals surface area (Å²) in [5, 5.41) is 0.676. The first-order valence-corrected chi connectivity index (χ1v) is 11.8. The number of benzene rings is 1. The van der Waals surface area contributed by atoms with Gasteiger partial charge in [-0.15, -0.1) is 0 Å². The summed E-state index contributed by atoms with van der Waals surface area (Å²) in [6.45, 7) is 5.31. The van der Waals surface area contributed by atoms with Gasteiger partial charge >= 0.3 is 5.63 Å². The lowest BCUT2D eigenvalue weighted by atomic mass is 10.1. The molecule has 172 valence electrons. The summed E-state index contributed by atoms with van der Waals surface area (Å²) in [6, 6.07) is 5.52. The van der Waals surface area contributed by atoms with Crippen molar-refractivity contribution in [2.75, 3.05) is 20.3 Å². The van der Waals surface area contributed by atoms with Crippen molar-refractivity contribution in [2.24, 2.45) is 0 Å². The third kappa shape index (κ3) is 7.97. The summed E-state index contributed by atoms with van der Waals surface area (Å²) in [4.78, 5) is 12.6. The van der Waals surface area contributed by atoms with Crippen molar-refractivity contribution in [1.82, 2.24) is 0 Å². The maximum absolute atomic E-state index is 12.6. The van der Waals surface area contributed by atoms with Crippen molar-refractivity contribution in [2.45, 2.75) is 78.1 Å². The van der Waals surface area contributed by atoms with E-state index in [2.05, 4.69) is 26.0 Å². The highest BCUT2D eigenvalue weighted by Crippen LogP contribution is 2.36. The van der Waals surface area contributed by atoms with Crippen molar-refractivity contribution >= 4 is 11.0 Å². The van der Waals surface area contributed by atoms with Crippen molar-refractivity contribution in [3.8, 4) is 17.2 Å². The molecule has 0 aliphatic heterocycles. The molecule has 0 fully saturated rings. The molecule has 0 N–H and O–H groups in total. The molecule has 0 aliphatic rings. The van der Waals surface area contributed by atoms with Crippen LogP contribution in [0.5, 0.6) is 17.2 Å². The second-order valence-corrected chi connectivity index (χ2v) is 7.72. The number of para-hydroxylation sites is 1. The predicted octanol–water partition coefficient (Wildman–Crippen LogP) is 7.06. The zero-order chi connectivity index (χ0) is 22.3. The zero-order valence-electron chi connectivity index (χ0n) is 19.4. The number of hydrogen-bond acceptors (Lipinski definition) is 5. The van der Waals surface area contributed by atoms with Gasteiger partial charge in [-0.2, -0.15) is 0 Å². The van der Waals surface area contributed by atoms with Crippen LogP contribution in [0.15, 0.2) is 39.6 Å². The Morgan fingerprint density at radius 3 is 2.32 bits per heavy atom. The van der Waals surface area contributed by atoms with Crippen LogP contribution in [-0.2, 0) is 0 Å². The normalized spacial score (nSPS) is 11.3.